The highest BCUT2D eigenvalue weighted by Gasteiger charge is 2.17. The van der Waals surface area contributed by atoms with E-state index in [1.165, 1.54) is 31.4 Å². The van der Waals surface area contributed by atoms with Crippen LogP contribution in [0.4, 0.5) is 4.79 Å². The van der Waals surface area contributed by atoms with Gasteiger partial charge in [0.25, 0.3) is 0 Å². The van der Waals surface area contributed by atoms with E-state index in [2.05, 4.69) is 24.0 Å². The van der Waals surface area contributed by atoms with Gasteiger partial charge in [0.2, 0.25) is 0 Å². The summed E-state index contributed by atoms with van der Waals surface area (Å²) in [4.78, 5) is 13.1. The molecule has 0 saturated carbocycles. The quantitative estimate of drug-likeness (QED) is 0.907. The van der Waals surface area contributed by atoms with Crippen molar-refractivity contribution in [2.45, 2.75) is 45.4 Å². The standard InChI is InChI=1S/C15H22N2O2/c1-12-4-2-3-9-17(12)10-13-5-7-14(8-6-13)11-19-15(16)18/h5-8,12H,2-4,9-11H2,1H3,(H2,16,18). The van der Waals surface area contributed by atoms with E-state index < -0.39 is 6.09 Å². The van der Waals surface area contributed by atoms with E-state index in [-0.39, 0.29) is 6.61 Å². The zero-order valence-corrected chi connectivity index (χ0v) is 11.5. The van der Waals surface area contributed by atoms with Crippen LogP contribution in [0.25, 0.3) is 0 Å². The molecule has 1 fully saturated rings. The summed E-state index contributed by atoms with van der Waals surface area (Å²) in [6, 6.07) is 8.86. The predicted octanol–water partition coefficient (Wildman–Crippen LogP) is 2.66. The molecule has 1 amide bonds. The molecule has 1 atom stereocenters. The van der Waals surface area contributed by atoms with Crippen molar-refractivity contribution in [1.29, 1.82) is 0 Å². The van der Waals surface area contributed by atoms with Gasteiger partial charge in [0.05, 0.1) is 0 Å². The summed E-state index contributed by atoms with van der Waals surface area (Å²) in [5, 5.41) is 0. The maximum absolute atomic E-state index is 10.5. The van der Waals surface area contributed by atoms with E-state index in [9.17, 15) is 4.79 Å². The van der Waals surface area contributed by atoms with E-state index in [4.69, 9.17) is 10.5 Å². The van der Waals surface area contributed by atoms with Crippen LogP contribution in [-0.2, 0) is 17.9 Å². The zero-order chi connectivity index (χ0) is 13.7. The average Bonchev–Trinajstić information content (AvgIpc) is 2.40. The second kappa shape index (κ2) is 6.57. The third-order valence-electron chi connectivity index (χ3n) is 3.73. The molecule has 19 heavy (non-hydrogen) atoms. The Balaban J connectivity index is 1.89. The molecule has 0 aromatic heterocycles. The van der Waals surface area contributed by atoms with Crippen molar-refractivity contribution in [3.8, 4) is 0 Å². The minimum Gasteiger partial charge on any atom is -0.445 e. The first-order valence-corrected chi connectivity index (χ1v) is 6.89. The summed E-state index contributed by atoms with van der Waals surface area (Å²) in [5.74, 6) is 0. The topological polar surface area (TPSA) is 55.6 Å². The predicted molar refractivity (Wildman–Crippen MR) is 74.5 cm³/mol. The van der Waals surface area contributed by atoms with E-state index in [0.29, 0.717) is 6.04 Å². The number of likely N-dealkylation sites (tertiary alicyclic amines) is 1. The van der Waals surface area contributed by atoms with Gasteiger partial charge in [-0.2, -0.15) is 0 Å². The van der Waals surface area contributed by atoms with Crippen molar-refractivity contribution in [2.24, 2.45) is 5.73 Å². The number of nitrogens with two attached hydrogens (primary N) is 1. The van der Waals surface area contributed by atoms with Crippen LogP contribution in [0, 0.1) is 0 Å². The van der Waals surface area contributed by atoms with Gasteiger partial charge in [-0.1, -0.05) is 30.7 Å². The van der Waals surface area contributed by atoms with E-state index in [0.717, 1.165) is 12.1 Å². The summed E-state index contributed by atoms with van der Waals surface area (Å²) in [6.07, 6.45) is 3.21. The van der Waals surface area contributed by atoms with Crippen LogP contribution in [0.3, 0.4) is 0 Å². The Labute approximate surface area is 114 Å². The van der Waals surface area contributed by atoms with Crippen LogP contribution >= 0.6 is 0 Å². The average molecular weight is 262 g/mol. The van der Waals surface area contributed by atoms with E-state index >= 15 is 0 Å². The molecule has 0 radical (unpaired) electrons. The Morgan fingerprint density at radius 3 is 2.63 bits per heavy atom. The van der Waals surface area contributed by atoms with Gasteiger partial charge in [-0.25, -0.2) is 4.79 Å². The lowest BCUT2D eigenvalue weighted by molar-refractivity contribution is 0.149. The molecule has 1 unspecified atom stereocenters. The Morgan fingerprint density at radius 2 is 2.00 bits per heavy atom. The van der Waals surface area contributed by atoms with Gasteiger partial charge >= 0.3 is 6.09 Å². The van der Waals surface area contributed by atoms with E-state index in [1.54, 1.807) is 0 Å². The number of hydrogen-bond donors (Lipinski definition) is 1. The Hall–Kier alpha value is -1.55. The van der Waals surface area contributed by atoms with Gasteiger partial charge in [-0.15, -0.1) is 0 Å². The molecule has 1 aromatic carbocycles. The molecular weight excluding hydrogens is 240 g/mol. The van der Waals surface area contributed by atoms with Gasteiger partial charge in [0, 0.05) is 12.6 Å². The molecule has 1 aromatic rings. The molecule has 104 valence electrons. The highest BCUT2D eigenvalue weighted by Crippen LogP contribution is 2.19. The van der Waals surface area contributed by atoms with Crippen molar-refractivity contribution in [1.82, 2.24) is 4.90 Å². The van der Waals surface area contributed by atoms with Crippen LogP contribution in [0.15, 0.2) is 24.3 Å². The number of benzene rings is 1. The summed E-state index contributed by atoms with van der Waals surface area (Å²) in [6.45, 7) is 4.73. The van der Waals surface area contributed by atoms with E-state index in [1.807, 2.05) is 12.1 Å². The molecule has 0 bridgehead atoms. The first-order valence-electron chi connectivity index (χ1n) is 6.89. The normalized spacial score (nSPS) is 20.2. The lowest BCUT2D eigenvalue weighted by Gasteiger charge is -2.33. The number of piperidine rings is 1. The molecule has 0 aliphatic carbocycles. The second-order valence-corrected chi connectivity index (χ2v) is 5.24. The lowest BCUT2D eigenvalue weighted by atomic mass is 10.0. The smallest absolute Gasteiger partial charge is 0.404 e. The fraction of sp³-hybridized carbons (Fsp3) is 0.533. The van der Waals surface area contributed by atoms with Crippen LogP contribution in [0.2, 0.25) is 0 Å². The van der Waals surface area contributed by atoms with Crippen LogP contribution in [0.1, 0.15) is 37.3 Å². The number of primary amides is 1. The molecule has 1 saturated heterocycles. The van der Waals surface area contributed by atoms with Crippen LogP contribution in [0.5, 0.6) is 0 Å². The molecular formula is C15H22N2O2. The number of carbonyl (C=O) groups is 1. The van der Waals surface area contributed by atoms with Crippen LogP contribution < -0.4 is 5.73 Å². The first kappa shape index (κ1) is 13.9. The summed E-state index contributed by atoms with van der Waals surface area (Å²) in [5.41, 5.74) is 7.21. The Morgan fingerprint density at radius 1 is 1.32 bits per heavy atom. The largest absolute Gasteiger partial charge is 0.445 e. The summed E-state index contributed by atoms with van der Waals surface area (Å²) < 4.78 is 4.76. The molecule has 1 aliphatic rings. The minimum absolute atomic E-state index is 0.246. The van der Waals surface area contributed by atoms with Gasteiger partial charge in [-0.05, 0) is 37.4 Å². The van der Waals surface area contributed by atoms with Crippen molar-refractivity contribution in [3.05, 3.63) is 35.4 Å². The highest BCUT2D eigenvalue weighted by molar-refractivity contribution is 5.64. The van der Waals surface area contributed by atoms with Crippen molar-refractivity contribution >= 4 is 6.09 Å². The van der Waals surface area contributed by atoms with Crippen molar-refractivity contribution < 1.29 is 9.53 Å². The number of hydrogen-bond acceptors (Lipinski definition) is 3. The first-order chi connectivity index (χ1) is 9.15. The third-order valence-corrected chi connectivity index (χ3v) is 3.73. The SMILES string of the molecule is CC1CCCCN1Cc1ccc(COC(N)=O)cc1. The third kappa shape index (κ3) is 4.24. The molecule has 1 aliphatic heterocycles. The molecule has 2 rings (SSSR count). The zero-order valence-electron chi connectivity index (χ0n) is 11.5. The van der Waals surface area contributed by atoms with Crippen molar-refractivity contribution in [3.63, 3.8) is 0 Å². The van der Waals surface area contributed by atoms with Gasteiger partial charge in [0.15, 0.2) is 0 Å². The van der Waals surface area contributed by atoms with Gasteiger partial charge < -0.3 is 10.5 Å². The number of rotatable bonds is 4. The highest BCUT2D eigenvalue weighted by atomic mass is 16.5. The number of amides is 1. The Bertz CT molecular complexity index is 417. The Kier molecular flexibility index (Phi) is 4.80. The fourth-order valence-electron chi connectivity index (χ4n) is 2.52. The maximum atomic E-state index is 10.5. The second-order valence-electron chi connectivity index (χ2n) is 5.24. The maximum Gasteiger partial charge on any atom is 0.404 e. The number of nitrogens with zero attached hydrogens (tertiary/aromatic N) is 1. The number of carbonyl (C=O) groups excluding carboxylic acids is 1. The van der Waals surface area contributed by atoms with Crippen LogP contribution in [-0.4, -0.2) is 23.6 Å². The lowest BCUT2D eigenvalue weighted by Crippen LogP contribution is -2.36. The van der Waals surface area contributed by atoms with Gasteiger partial charge in [0.1, 0.15) is 6.61 Å². The summed E-state index contributed by atoms with van der Waals surface area (Å²) in [7, 11) is 0. The molecule has 0 spiro atoms. The molecule has 1 heterocycles. The number of ether oxygens (including phenoxy) is 1. The monoisotopic (exact) mass is 262 g/mol. The molecule has 2 N–H and O–H groups in total. The fourth-order valence-corrected chi connectivity index (χ4v) is 2.52. The van der Waals surface area contributed by atoms with Gasteiger partial charge in [-0.3, -0.25) is 4.90 Å². The minimum atomic E-state index is -0.730. The molecule has 4 heteroatoms. The molecule has 4 nitrogen and oxygen atoms in total. The summed E-state index contributed by atoms with van der Waals surface area (Å²) >= 11 is 0. The van der Waals surface area contributed by atoms with Crippen molar-refractivity contribution in [2.75, 3.05) is 6.54 Å².